The van der Waals surface area contributed by atoms with Gasteiger partial charge in [-0.05, 0) is 31.7 Å². The number of nitrogens with zero attached hydrogens (tertiary/aromatic N) is 2. The van der Waals surface area contributed by atoms with Crippen molar-refractivity contribution in [3.63, 3.8) is 0 Å². The van der Waals surface area contributed by atoms with E-state index in [1.807, 2.05) is 0 Å². The monoisotopic (exact) mass is 279 g/mol. The summed E-state index contributed by atoms with van der Waals surface area (Å²) in [5.41, 5.74) is 0. The molecule has 0 saturated heterocycles. The third kappa shape index (κ3) is 4.30. The maximum Gasteiger partial charge on any atom is 0.228 e. The summed E-state index contributed by atoms with van der Waals surface area (Å²) >= 11 is 0. The molecule has 4 nitrogen and oxygen atoms in total. The Hall–Kier alpha value is -0.900. The second-order valence-corrected chi connectivity index (χ2v) is 6.26. The first kappa shape index (κ1) is 15.5. The smallest absolute Gasteiger partial charge is 0.228 e. The summed E-state index contributed by atoms with van der Waals surface area (Å²) in [5, 5.41) is 7.73. The molecule has 0 aromatic carbocycles. The average molecular weight is 279 g/mol. The van der Waals surface area contributed by atoms with Crippen molar-refractivity contribution < 1.29 is 4.52 Å². The number of hydrogen-bond donors (Lipinski definition) is 1. The van der Waals surface area contributed by atoms with Gasteiger partial charge in [-0.25, -0.2) is 0 Å². The minimum atomic E-state index is 0.462. The Morgan fingerprint density at radius 1 is 1.35 bits per heavy atom. The van der Waals surface area contributed by atoms with E-state index in [4.69, 9.17) is 4.52 Å². The fourth-order valence-electron chi connectivity index (χ4n) is 3.31. The van der Waals surface area contributed by atoms with Gasteiger partial charge in [-0.2, -0.15) is 4.98 Å². The molecular formula is C16H29N3O. The molecule has 0 amide bonds. The highest BCUT2D eigenvalue weighted by Crippen LogP contribution is 2.34. The number of aromatic nitrogens is 2. The fourth-order valence-corrected chi connectivity index (χ4v) is 3.31. The van der Waals surface area contributed by atoms with Crippen LogP contribution < -0.4 is 5.32 Å². The second-order valence-electron chi connectivity index (χ2n) is 6.26. The van der Waals surface area contributed by atoms with Crippen molar-refractivity contribution in [3.05, 3.63) is 11.7 Å². The Balaban J connectivity index is 1.93. The molecular weight excluding hydrogens is 250 g/mol. The van der Waals surface area contributed by atoms with Gasteiger partial charge in [0.1, 0.15) is 0 Å². The average Bonchev–Trinajstić information content (AvgIpc) is 2.88. The van der Waals surface area contributed by atoms with Gasteiger partial charge in [-0.3, -0.25) is 0 Å². The summed E-state index contributed by atoms with van der Waals surface area (Å²) in [4.78, 5) is 4.65. The van der Waals surface area contributed by atoms with E-state index in [1.165, 1.54) is 32.1 Å². The van der Waals surface area contributed by atoms with Gasteiger partial charge < -0.3 is 9.84 Å². The molecule has 1 aliphatic rings. The van der Waals surface area contributed by atoms with Crippen molar-refractivity contribution in [3.8, 4) is 0 Å². The zero-order chi connectivity index (χ0) is 14.4. The zero-order valence-corrected chi connectivity index (χ0v) is 13.2. The summed E-state index contributed by atoms with van der Waals surface area (Å²) in [6.45, 7) is 7.68. The molecule has 0 radical (unpaired) electrons. The van der Waals surface area contributed by atoms with Crippen LogP contribution >= 0.6 is 0 Å². The van der Waals surface area contributed by atoms with Crippen molar-refractivity contribution in [2.24, 2.45) is 5.92 Å². The van der Waals surface area contributed by atoms with E-state index in [-0.39, 0.29) is 0 Å². The largest absolute Gasteiger partial charge is 0.339 e. The maximum atomic E-state index is 5.48. The van der Waals surface area contributed by atoms with E-state index >= 15 is 0 Å². The van der Waals surface area contributed by atoms with Gasteiger partial charge in [0.15, 0.2) is 5.82 Å². The molecule has 1 aliphatic carbocycles. The molecule has 1 heterocycles. The SMILES string of the molecule is CCCC(Cc1nc(C2CCCC(C)C2)no1)NCC. The molecule has 3 atom stereocenters. The van der Waals surface area contributed by atoms with Crippen LogP contribution in [0.15, 0.2) is 4.52 Å². The maximum absolute atomic E-state index is 5.48. The Kier molecular flexibility index (Phi) is 6.02. The molecule has 1 fully saturated rings. The summed E-state index contributed by atoms with van der Waals surface area (Å²) in [6.07, 6.45) is 8.27. The van der Waals surface area contributed by atoms with Gasteiger partial charge in [0, 0.05) is 18.4 Å². The van der Waals surface area contributed by atoms with Crippen LogP contribution in [0.1, 0.15) is 76.9 Å². The van der Waals surface area contributed by atoms with Crippen LogP contribution in [-0.4, -0.2) is 22.7 Å². The molecule has 114 valence electrons. The van der Waals surface area contributed by atoms with E-state index in [2.05, 4.69) is 36.2 Å². The Morgan fingerprint density at radius 2 is 2.20 bits per heavy atom. The van der Waals surface area contributed by atoms with E-state index in [0.717, 1.165) is 37.0 Å². The van der Waals surface area contributed by atoms with Crippen LogP contribution in [0.25, 0.3) is 0 Å². The van der Waals surface area contributed by atoms with Crippen LogP contribution in [0.2, 0.25) is 0 Å². The molecule has 0 aliphatic heterocycles. The van der Waals surface area contributed by atoms with E-state index in [1.54, 1.807) is 0 Å². The van der Waals surface area contributed by atoms with Gasteiger partial charge in [0.25, 0.3) is 0 Å². The highest BCUT2D eigenvalue weighted by atomic mass is 16.5. The van der Waals surface area contributed by atoms with E-state index < -0.39 is 0 Å². The predicted octanol–water partition coefficient (Wildman–Crippen LogP) is 3.68. The van der Waals surface area contributed by atoms with E-state index in [9.17, 15) is 0 Å². The van der Waals surface area contributed by atoms with E-state index in [0.29, 0.717) is 12.0 Å². The standard InChI is InChI=1S/C16H29N3O/c1-4-7-14(17-5-2)11-15-18-16(19-20-15)13-9-6-8-12(3)10-13/h12-14,17H,4-11H2,1-3H3. The molecule has 20 heavy (non-hydrogen) atoms. The van der Waals surface area contributed by atoms with Crippen LogP contribution in [-0.2, 0) is 6.42 Å². The molecule has 0 spiro atoms. The highest BCUT2D eigenvalue weighted by Gasteiger charge is 2.25. The van der Waals surface area contributed by atoms with Gasteiger partial charge in [-0.15, -0.1) is 0 Å². The lowest BCUT2D eigenvalue weighted by Gasteiger charge is -2.23. The lowest BCUT2D eigenvalue weighted by atomic mass is 9.82. The number of hydrogen-bond acceptors (Lipinski definition) is 4. The second kappa shape index (κ2) is 7.77. The summed E-state index contributed by atoms with van der Waals surface area (Å²) in [5.74, 6) is 3.06. The lowest BCUT2D eigenvalue weighted by Crippen LogP contribution is -2.30. The fraction of sp³-hybridized carbons (Fsp3) is 0.875. The van der Waals surface area contributed by atoms with Gasteiger partial charge >= 0.3 is 0 Å². The third-order valence-corrected chi connectivity index (χ3v) is 4.34. The van der Waals surface area contributed by atoms with Crippen LogP contribution in [0.5, 0.6) is 0 Å². The Morgan fingerprint density at radius 3 is 2.90 bits per heavy atom. The number of nitrogens with one attached hydrogen (secondary N) is 1. The van der Waals surface area contributed by atoms with Crippen molar-refractivity contribution in [2.45, 2.75) is 77.7 Å². The van der Waals surface area contributed by atoms with Gasteiger partial charge in [0.05, 0.1) is 0 Å². The quantitative estimate of drug-likeness (QED) is 0.827. The molecule has 1 aromatic heterocycles. The summed E-state index contributed by atoms with van der Waals surface area (Å²) < 4.78 is 5.48. The minimum absolute atomic E-state index is 0.462. The lowest BCUT2D eigenvalue weighted by molar-refractivity contribution is 0.316. The number of likely N-dealkylation sites (N-methyl/N-ethyl adjacent to an activating group) is 1. The molecule has 3 unspecified atom stereocenters. The van der Waals surface area contributed by atoms with Crippen molar-refractivity contribution >= 4 is 0 Å². The summed E-state index contributed by atoms with van der Waals surface area (Å²) in [6, 6.07) is 0.462. The highest BCUT2D eigenvalue weighted by molar-refractivity contribution is 4.98. The molecule has 0 bridgehead atoms. The normalized spacial score (nSPS) is 24.8. The van der Waals surface area contributed by atoms with Gasteiger partial charge in [0.2, 0.25) is 5.89 Å². The van der Waals surface area contributed by atoms with Crippen molar-refractivity contribution in [1.82, 2.24) is 15.5 Å². The van der Waals surface area contributed by atoms with Crippen LogP contribution in [0.4, 0.5) is 0 Å². The number of rotatable bonds is 7. The molecule has 1 saturated carbocycles. The minimum Gasteiger partial charge on any atom is -0.339 e. The van der Waals surface area contributed by atoms with Crippen LogP contribution in [0, 0.1) is 5.92 Å². The first-order valence-corrected chi connectivity index (χ1v) is 8.28. The first-order chi connectivity index (χ1) is 9.72. The topological polar surface area (TPSA) is 51.0 Å². The molecule has 1 N–H and O–H groups in total. The third-order valence-electron chi connectivity index (χ3n) is 4.34. The molecule has 1 aromatic rings. The van der Waals surface area contributed by atoms with Crippen LogP contribution in [0.3, 0.4) is 0 Å². The predicted molar refractivity (Wildman–Crippen MR) is 80.7 cm³/mol. The van der Waals surface area contributed by atoms with Crippen molar-refractivity contribution in [1.29, 1.82) is 0 Å². The Labute approximate surface area is 122 Å². The molecule has 4 heteroatoms. The summed E-state index contributed by atoms with van der Waals surface area (Å²) in [7, 11) is 0. The zero-order valence-electron chi connectivity index (χ0n) is 13.2. The van der Waals surface area contributed by atoms with Gasteiger partial charge in [-0.1, -0.05) is 45.2 Å². The first-order valence-electron chi connectivity index (χ1n) is 8.28. The van der Waals surface area contributed by atoms with Crippen molar-refractivity contribution in [2.75, 3.05) is 6.54 Å². The molecule has 2 rings (SSSR count). The Bertz CT molecular complexity index is 385.